The van der Waals surface area contributed by atoms with Gasteiger partial charge in [-0.15, -0.1) is 0 Å². The Morgan fingerprint density at radius 1 is 1.46 bits per heavy atom. The maximum atomic E-state index is 5.70. The van der Waals surface area contributed by atoms with Gasteiger partial charge in [0.05, 0.1) is 6.61 Å². The van der Waals surface area contributed by atoms with Gasteiger partial charge in [-0.05, 0) is 18.8 Å². The van der Waals surface area contributed by atoms with Crippen molar-refractivity contribution in [3.8, 4) is 0 Å². The molecule has 0 unspecified atom stereocenters. The first kappa shape index (κ1) is 11.0. The van der Waals surface area contributed by atoms with E-state index in [9.17, 15) is 0 Å². The zero-order chi connectivity index (χ0) is 9.68. The minimum atomic E-state index is 0.409. The van der Waals surface area contributed by atoms with Crippen LogP contribution in [-0.4, -0.2) is 30.8 Å². The zero-order valence-electron chi connectivity index (χ0n) is 9.25. The zero-order valence-corrected chi connectivity index (χ0v) is 9.25. The van der Waals surface area contributed by atoms with Crippen molar-refractivity contribution in [1.29, 1.82) is 0 Å². The van der Waals surface area contributed by atoms with Crippen molar-refractivity contribution in [2.45, 2.75) is 46.3 Å². The monoisotopic (exact) mass is 185 g/mol. The molecule has 0 amide bonds. The number of unbranched alkanes of at least 4 members (excludes halogenated alkanes) is 1. The summed E-state index contributed by atoms with van der Waals surface area (Å²) in [6, 6.07) is 0. The molecule has 2 nitrogen and oxygen atoms in total. The summed E-state index contributed by atoms with van der Waals surface area (Å²) in [5.74, 6) is 0.743. The van der Waals surface area contributed by atoms with Crippen molar-refractivity contribution < 1.29 is 4.74 Å². The van der Waals surface area contributed by atoms with E-state index in [2.05, 4.69) is 25.7 Å². The summed E-state index contributed by atoms with van der Waals surface area (Å²) < 4.78 is 5.70. The minimum Gasteiger partial charge on any atom is -0.362 e. The lowest BCUT2D eigenvalue weighted by atomic mass is 10.1. The third-order valence-electron chi connectivity index (χ3n) is 2.57. The van der Waals surface area contributed by atoms with Gasteiger partial charge in [0.15, 0.2) is 0 Å². The molecule has 0 aromatic rings. The van der Waals surface area contributed by atoms with Crippen LogP contribution in [0, 0.1) is 5.92 Å². The normalized spacial score (nSPS) is 24.5. The van der Waals surface area contributed by atoms with E-state index in [-0.39, 0.29) is 0 Å². The van der Waals surface area contributed by atoms with Crippen molar-refractivity contribution in [1.82, 2.24) is 4.90 Å². The van der Waals surface area contributed by atoms with Crippen molar-refractivity contribution in [3.63, 3.8) is 0 Å². The van der Waals surface area contributed by atoms with Crippen LogP contribution in [0.3, 0.4) is 0 Å². The van der Waals surface area contributed by atoms with Crippen molar-refractivity contribution in [2.75, 3.05) is 19.7 Å². The summed E-state index contributed by atoms with van der Waals surface area (Å²) in [5.41, 5.74) is 0. The van der Waals surface area contributed by atoms with E-state index >= 15 is 0 Å². The quantitative estimate of drug-likeness (QED) is 0.652. The third-order valence-corrected chi connectivity index (χ3v) is 2.57. The smallest absolute Gasteiger partial charge is 0.110 e. The van der Waals surface area contributed by atoms with E-state index in [1.807, 2.05) is 0 Å². The van der Waals surface area contributed by atoms with Gasteiger partial charge in [-0.2, -0.15) is 0 Å². The van der Waals surface area contributed by atoms with E-state index in [1.165, 1.54) is 25.8 Å². The first-order valence-corrected chi connectivity index (χ1v) is 5.59. The highest BCUT2D eigenvalue weighted by molar-refractivity contribution is 4.70. The topological polar surface area (TPSA) is 12.5 Å². The fourth-order valence-corrected chi connectivity index (χ4v) is 1.79. The molecule has 1 aliphatic heterocycles. The lowest BCUT2D eigenvalue weighted by Gasteiger charge is -2.23. The summed E-state index contributed by atoms with van der Waals surface area (Å²) >= 11 is 0. The standard InChI is InChI=1S/C11H23NO/c1-4-5-6-12-7-8-13-11(12)9-10(2)3/h10-11H,4-9H2,1-3H3/t11-/m0/s1. The second-order valence-corrected chi connectivity index (χ2v) is 4.34. The third kappa shape index (κ3) is 3.65. The van der Waals surface area contributed by atoms with Crippen LogP contribution in [0.1, 0.15) is 40.0 Å². The summed E-state index contributed by atoms with van der Waals surface area (Å²) in [4.78, 5) is 2.49. The van der Waals surface area contributed by atoms with E-state index < -0.39 is 0 Å². The summed E-state index contributed by atoms with van der Waals surface area (Å²) in [5, 5.41) is 0. The molecule has 0 bridgehead atoms. The molecule has 1 atom stereocenters. The molecule has 1 fully saturated rings. The summed E-state index contributed by atoms with van der Waals surface area (Å²) in [6.45, 7) is 10.1. The molecule has 0 spiro atoms. The van der Waals surface area contributed by atoms with Crippen LogP contribution in [0.4, 0.5) is 0 Å². The van der Waals surface area contributed by atoms with Crippen LogP contribution < -0.4 is 0 Å². The summed E-state index contributed by atoms with van der Waals surface area (Å²) in [7, 11) is 0. The molecule has 2 heteroatoms. The molecule has 0 aliphatic carbocycles. The molecule has 1 saturated heterocycles. The van der Waals surface area contributed by atoms with Gasteiger partial charge in [-0.1, -0.05) is 27.2 Å². The molecule has 0 radical (unpaired) electrons. The van der Waals surface area contributed by atoms with Gasteiger partial charge in [0.1, 0.15) is 6.23 Å². The second kappa shape index (κ2) is 5.61. The lowest BCUT2D eigenvalue weighted by Crippen LogP contribution is -2.32. The first-order chi connectivity index (χ1) is 6.24. The Morgan fingerprint density at radius 2 is 2.23 bits per heavy atom. The highest BCUT2D eigenvalue weighted by Gasteiger charge is 2.24. The van der Waals surface area contributed by atoms with E-state index in [0.717, 1.165) is 19.1 Å². The molecule has 0 N–H and O–H groups in total. The molecular weight excluding hydrogens is 162 g/mol. The first-order valence-electron chi connectivity index (χ1n) is 5.59. The number of ether oxygens (including phenoxy) is 1. The molecule has 13 heavy (non-hydrogen) atoms. The Morgan fingerprint density at radius 3 is 2.85 bits per heavy atom. The van der Waals surface area contributed by atoms with Gasteiger partial charge < -0.3 is 4.74 Å². The molecule has 0 aromatic heterocycles. The average Bonchev–Trinajstić information content (AvgIpc) is 2.48. The van der Waals surface area contributed by atoms with Gasteiger partial charge in [-0.3, -0.25) is 4.90 Å². The Labute approximate surface area is 82.3 Å². The minimum absolute atomic E-state index is 0.409. The molecule has 78 valence electrons. The number of rotatable bonds is 5. The van der Waals surface area contributed by atoms with Crippen LogP contribution in [0.5, 0.6) is 0 Å². The Bertz CT molecular complexity index is 136. The SMILES string of the molecule is CCCCN1CCO[C@H]1CC(C)C. The molecule has 1 heterocycles. The summed E-state index contributed by atoms with van der Waals surface area (Å²) in [6.07, 6.45) is 4.18. The predicted molar refractivity (Wildman–Crippen MR) is 55.7 cm³/mol. The average molecular weight is 185 g/mol. The lowest BCUT2D eigenvalue weighted by molar-refractivity contribution is 0.0175. The second-order valence-electron chi connectivity index (χ2n) is 4.34. The van der Waals surface area contributed by atoms with Crippen LogP contribution in [0.2, 0.25) is 0 Å². The van der Waals surface area contributed by atoms with Crippen LogP contribution in [0.15, 0.2) is 0 Å². The van der Waals surface area contributed by atoms with Crippen LogP contribution >= 0.6 is 0 Å². The maximum Gasteiger partial charge on any atom is 0.110 e. The van der Waals surface area contributed by atoms with Crippen LogP contribution in [0.25, 0.3) is 0 Å². The van der Waals surface area contributed by atoms with Gasteiger partial charge in [-0.25, -0.2) is 0 Å². The van der Waals surface area contributed by atoms with Crippen LogP contribution in [-0.2, 0) is 4.74 Å². The molecule has 0 saturated carbocycles. The Balaban J connectivity index is 2.26. The van der Waals surface area contributed by atoms with E-state index in [4.69, 9.17) is 4.74 Å². The fraction of sp³-hybridized carbons (Fsp3) is 1.00. The predicted octanol–water partition coefficient (Wildman–Crippen LogP) is 2.49. The molecule has 1 rings (SSSR count). The molecule has 0 aromatic carbocycles. The highest BCUT2D eigenvalue weighted by Crippen LogP contribution is 2.18. The fourth-order valence-electron chi connectivity index (χ4n) is 1.79. The van der Waals surface area contributed by atoms with Crippen molar-refractivity contribution in [2.24, 2.45) is 5.92 Å². The number of hydrogen-bond acceptors (Lipinski definition) is 2. The maximum absolute atomic E-state index is 5.70. The van der Waals surface area contributed by atoms with Crippen molar-refractivity contribution >= 4 is 0 Å². The largest absolute Gasteiger partial charge is 0.362 e. The van der Waals surface area contributed by atoms with Gasteiger partial charge >= 0.3 is 0 Å². The van der Waals surface area contributed by atoms with Gasteiger partial charge in [0.2, 0.25) is 0 Å². The van der Waals surface area contributed by atoms with Crippen molar-refractivity contribution in [3.05, 3.63) is 0 Å². The molecular formula is C11H23NO. The number of nitrogens with zero attached hydrogens (tertiary/aromatic N) is 1. The molecule has 1 aliphatic rings. The Kier molecular flexibility index (Phi) is 4.74. The van der Waals surface area contributed by atoms with Gasteiger partial charge in [0.25, 0.3) is 0 Å². The van der Waals surface area contributed by atoms with E-state index in [1.54, 1.807) is 0 Å². The highest BCUT2D eigenvalue weighted by atomic mass is 16.5. The Hall–Kier alpha value is -0.0800. The number of hydrogen-bond donors (Lipinski definition) is 0. The van der Waals surface area contributed by atoms with E-state index in [0.29, 0.717) is 6.23 Å². The van der Waals surface area contributed by atoms with Gasteiger partial charge in [0, 0.05) is 13.1 Å².